The van der Waals surface area contributed by atoms with Crippen molar-refractivity contribution < 1.29 is 1.37 Å². The molecule has 0 bridgehead atoms. The lowest BCUT2D eigenvalue weighted by atomic mass is 10.6. The number of aromatic nitrogens is 1. The van der Waals surface area contributed by atoms with Crippen molar-refractivity contribution in [3.05, 3.63) is 16.6 Å². The van der Waals surface area contributed by atoms with Crippen LogP contribution in [-0.2, 0) is 0 Å². The highest BCUT2D eigenvalue weighted by Crippen LogP contribution is 1.95. The third-order valence-electron chi connectivity index (χ3n) is 0.504. The Balaban J connectivity index is 3.04. The molecular formula is C4H5NS. The third kappa shape index (κ3) is 0.571. The Hall–Kier alpha value is -0.370. The van der Waals surface area contributed by atoms with Crippen LogP contribution in [-0.4, -0.2) is 4.98 Å². The maximum atomic E-state index is 6.92. The first-order valence-corrected chi connectivity index (χ1v) is 2.56. The summed E-state index contributed by atoms with van der Waals surface area (Å²) in [5, 5.41) is 1.86. The molecule has 0 aliphatic rings. The maximum absolute atomic E-state index is 6.92. The van der Waals surface area contributed by atoms with E-state index >= 15 is 0 Å². The molecule has 0 radical (unpaired) electrons. The van der Waals surface area contributed by atoms with Gasteiger partial charge in [-0.2, -0.15) is 0 Å². The molecule has 0 N–H and O–H groups in total. The van der Waals surface area contributed by atoms with Crippen LogP contribution >= 0.6 is 11.3 Å². The Morgan fingerprint density at radius 1 is 2.17 bits per heavy atom. The van der Waals surface area contributed by atoms with Crippen molar-refractivity contribution in [3.8, 4) is 0 Å². The average molecular weight is 101 g/mol. The molecule has 6 heavy (non-hydrogen) atoms. The van der Waals surface area contributed by atoms with Gasteiger partial charge in [-0.15, -0.1) is 11.3 Å². The van der Waals surface area contributed by atoms with Crippen molar-refractivity contribution in [1.29, 1.82) is 0 Å². The van der Waals surface area contributed by atoms with Crippen molar-refractivity contribution in [1.82, 2.24) is 4.98 Å². The SMILES string of the molecule is [3H]c1nc(C)cs1. The normalized spacial score (nSPS) is 11.2. The van der Waals surface area contributed by atoms with Crippen molar-refractivity contribution in [2.45, 2.75) is 6.92 Å². The van der Waals surface area contributed by atoms with Gasteiger partial charge in [0.25, 0.3) is 0 Å². The van der Waals surface area contributed by atoms with Crippen LogP contribution in [0, 0.1) is 6.92 Å². The second-order valence-corrected chi connectivity index (χ2v) is 1.73. The molecule has 0 spiro atoms. The molecule has 0 saturated heterocycles. The van der Waals surface area contributed by atoms with E-state index in [9.17, 15) is 0 Å². The van der Waals surface area contributed by atoms with E-state index in [-0.39, 0.29) is 0 Å². The fourth-order valence-electron chi connectivity index (χ4n) is 0.236. The van der Waals surface area contributed by atoms with E-state index in [2.05, 4.69) is 4.98 Å². The summed E-state index contributed by atoms with van der Waals surface area (Å²) in [6, 6.07) is 0. The molecule has 1 heterocycles. The highest BCUT2D eigenvalue weighted by atomic mass is 32.1. The van der Waals surface area contributed by atoms with Gasteiger partial charge in [-0.05, 0) is 6.92 Å². The van der Waals surface area contributed by atoms with E-state index in [0.29, 0.717) is 5.49 Å². The first-order valence-electron chi connectivity index (χ1n) is 2.18. The zero-order chi connectivity index (χ0) is 5.28. The average Bonchev–Trinajstić information content (AvgIpc) is 1.87. The van der Waals surface area contributed by atoms with E-state index in [4.69, 9.17) is 1.37 Å². The molecule has 1 aromatic rings. The lowest BCUT2D eigenvalue weighted by Gasteiger charge is -1.64. The molecule has 0 unspecified atom stereocenters. The Bertz CT molecular complexity index is 144. The lowest BCUT2D eigenvalue weighted by Crippen LogP contribution is -1.59. The first-order chi connectivity index (χ1) is 3.29. The Morgan fingerprint density at radius 2 is 3.00 bits per heavy atom. The number of hydrogen-bond donors (Lipinski definition) is 0. The molecule has 0 amide bonds. The second-order valence-electron chi connectivity index (χ2n) is 1.08. The van der Waals surface area contributed by atoms with Crippen LogP contribution < -0.4 is 0 Å². The monoisotopic (exact) mass is 101 g/mol. The van der Waals surface area contributed by atoms with E-state index < -0.39 is 0 Å². The predicted molar refractivity (Wildman–Crippen MR) is 26.9 cm³/mol. The molecule has 0 aliphatic carbocycles. The van der Waals surface area contributed by atoms with Crippen LogP contribution in [0.3, 0.4) is 0 Å². The van der Waals surface area contributed by atoms with E-state index in [0.717, 1.165) is 5.69 Å². The predicted octanol–water partition coefficient (Wildman–Crippen LogP) is 1.45. The van der Waals surface area contributed by atoms with Crippen LogP contribution in [0.1, 0.15) is 7.06 Å². The van der Waals surface area contributed by atoms with Gasteiger partial charge in [-0.1, -0.05) is 0 Å². The molecule has 1 rings (SSSR count). The van der Waals surface area contributed by atoms with Crippen molar-refractivity contribution >= 4 is 11.3 Å². The standard InChI is InChI=1S/C4H5NS/c1-4-2-6-3-5-4/h2-3H,1H3/i3T. The summed E-state index contributed by atoms with van der Waals surface area (Å²) in [4.78, 5) is 3.80. The van der Waals surface area contributed by atoms with Crippen molar-refractivity contribution in [3.63, 3.8) is 0 Å². The molecule has 2 heteroatoms. The summed E-state index contributed by atoms with van der Waals surface area (Å²) in [5.74, 6) is 0. The number of nitrogens with zero attached hydrogens (tertiary/aromatic N) is 1. The fraction of sp³-hybridized carbons (Fsp3) is 0.250. The maximum Gasteiger partial charge on any atom is 0.0960 e. The molecule has 0 aromatic carbocycles. The molecular weight excluding hydrogens is 94.1 g/mol. The zero-order valence-electron chi connectivity index (χ0n) is 4.43. The summed E-state index contributed by atoms with van der Waals surface area (Å²) in [7, 11) is 0. The zero-order valence-corrected chi connectivity index (χ0v) is 4.25. The molecule has 1 nitrogen and oxygen atoms in total. The smallest absolute Gasteiger partial charge is 0.0960 e. The third-order valence-corrected chi connectivity index (χ3v) is 1.16. The summed E-state index contributed by atoms with van der Waals surface area (Å²) in [6.45, 7) is 1.88. The van der Waals surface area contributed by atoms with Crippen LogP contribution in [0.4, 0.5) is 0 Å². The van der Waals surface area contributed by atoms with Gasteiger partial charge in [0.2, 0.25) is 0 Å². The largest absolute Gasteiger partial charge is 0.250 e. The molecule has 1 aromatic heterocycles. The minimum absolute atomic E-state index is 0.400. The van der Waals surface area contributed by atoms with Gasteiger partial charge in [0, 0.05) is 11.1 Å². The molecule has 0 aliphatic heterocycles. The van der Waals surface area contributed by atoms with Gasteiger partial charge in [0.1, 0.15) is 0 Å². The van der Waals surface area contributed by atoms with Gasteiger partial charge in [0.05, 0.1) is 6.86 Å². The summed E-state index contributed by atoms with van der Waals surface area (Å²) in [6.07, 6.45) is 0. The minimum atomic E-state index is 0.400. The number of aryl methyl sites for hydroxylation is 1. The molecule has 0 saturated carbocycles. The molecule has 32 valence electrons. The number of thiazole rings is 1. The first kappa shape index (κ1) is 2.75. The second kappa shape index (κ2) is 1.39. The van der Waals surface area contributed by atoms with Gasteiger partial charge >= 0.3 is 0 Å². The van der Waals surface area contributed by atoms with Crippen LogP contribution in [0.25, 0.3) is 0 Å². The highest BCUT2D eigenvalue weighted by molar-refractivity contribution is 7.07. The molecule has 0 atom stereocenters. The van der Waals surface area contributed by atoms with Crippen LogP contribution in [0.5, 0.6) is 0 Å². The quantitative estimate of drug-likeness (QED) is 0.482. The summed E-state index contributed by atoms with van der Waals surface area (Å²) < 4.78 is 6.92. The lowest BCUT2D eigenvalue weighted by molar-refractivity contribution is 1.27. The Labute approximate surface area is 42.1 Å². The number of rotatable bonds is 0. The van der Waals surface area contributed by atoms with E-state index in [1.165, 1.54) is 11.3 Å². The van der Waals surface area contributed by atoms with Crippen molar-refractivity contribution in [2.75, 3.05) is 0 Å². The van der Waals surface area contributed by atoms with Gasteiger partial charge in [0.15, 0.2) is 0 Å². The van der Waals surface area contributed by atoms with Gasteiger partial charge < -0.3 is 0 Å². The Kier molecular flexibility index (Phi) is 0.635. The summed E-state index contributed by atoms with van der Waals surface area (Å²) >= 11 is 1.36. The van der Waals surface area contributed by atoms with Crippen LogP contribution in [0.2, 0.25) is 0 Å². The van der Waals surface area contributed by atoms with Crippen molar-refractivity contribution in [2.24, 2.45) is 0 Å². The van der Waals surface area contributed by atoms with E-state index in [1.807, 2.05) is 12.3 Å². The van der Waals surface area contributed by atoms with Gasteiger partial charge in [-0.25, -0.2) is 0 Å². The topological polar surface area (TPSA) is 12.9 Å². The fourth-order valence-corrected chi connectivity index (χ4v) is 0.709. The highest BCUT2D eigenvalue weighted by Gasteiger charge is 1.76. The van der Waals surface area contributed by atoms with E-state index in [1.54, 1.807) is 0 Å². The Morgan fingerprint density at radius 3 is 3.17 bits per heavy atom. The van der Waals surface area contributed by atoms with Crippen LogP contribution in [0.15, 0.2) is 10.9 Å². The summed E-state index contributed by atoms with van der Waals surface area (Å²) in [5.41, 5.74) is 1.34. The molecule has 0 fully saturated rings. The number of hydrogen-bond acceptors (Lipinski definition) is 2. The minimum Gasteiger partial charge on any atom is -0.250 e. The van der Waals surface area contributed by atoms with Gasteiger partial charge in [-0.3, -0.25) is 4.98 Å².